The number of allylic oxidation sites excluding steroid dienone is 1. The number of amides is 2. The summed E-state index contributed by atoms with van der Waals surface area (Å²) in [4.78, 5) is 24.3. The smallest absolute Gasteiger partial charge is 0.337 e. The molecule has 0 spiro atoms. The van der Waals surface area contributed by atoms with Crippen molar-refractivity contribution in [1.82, 2.24) is 10.6 Å². The van der Waals surface area contributed by atoms with E-state index >= 15 is 0 Å². The fraction of sp³-hybridized carbons (Fsp3) is 0.412. The lowest BCUT2D eigenvalue weighted by molar-refractivity contribution is -0.136. The number of nitrogens with one attached hydrogen (secondary N) is 2. The van der Waals surface area contributed by atoms with Gasteiger partial charge in [-0.3, -0.25) is 0 Å². The van der Waals surface area contributed by atoms with Crippen molar-refractivity contribution in [2.24, 2.45) is 0 Å². The molecule has 2 N–H and O–H groups in total. The summed E-state index contributed by atoms with van der Waals surface area (Å²) in [6.07, 6.45) is 0.469. The second-order valence-corrected chi connectivity index (χ2v) is 5.64. The van der Waals surface area contributed by atoms with E-state index in [1.54, 1.807) is 12.1 Å². The number of hydrogen-bond donors (Lipinski definition) is 2. The number of benzene rings is 1. The molecule has 1 heterocycles. The van der Waals surface area contributed by atoms with Gasteiger partial charge >= 0.3 is 12.0 Å². The first kappa shape index (κ1) is 18.9. The number of hydrogen-bond acceptors (Lipinski definition) is 5. The normalized spacial score (nSPS) is 16.8. The van der Waals surface area contributed by atoms with Crippen molar-refractivity contribution < 1.29 is 23.8 Å². The van der Waals surface area contributed by atoms with E-state index in [4.69, 9.17) is 25.8 Å². The Bertz CT molecular complexity index is 717. The van der Waals surface area contributed by atoms with Crippen molar-refractivity contribution in [1.29, 1.82) is 0 Å². The summed E-state index contributed by atoms with van der Waals surface area (Å²) in [5, 5.41) is 5.70. The van der Waals surface area contributed by atoms with Gasteiger partial charge in [0.15, 0.2) is 11.5 Å². The largest absolute Gasteiger partial charge is 0.493 e. The van der Waals surface area contributed by atoms with Crippen molar-refractivity contribution >= 4 is 23.6 Å². The molecule has 1 aromatic rings. The third-order valence-electron chi connectivity index (χ3n) is 3.79. The van der Waals surface area contributed by atoms with Gasteiger partial charge in [0.25, 0.3) is 0 Å². The summed E-state index contributed by atoms with van der Waals surface area (Å²) < 4.78 is 15.7. The van der Waals surface area contributed by atoms with Gasteiger partial charge in [0, 0.05) is 5.70 Å². The molecule has 7 nitrogen and oxygen atoms in total. The highest BCUT2D eigenvalue weighted by Crippen LogP contribution is 2.40. The van der Waals surface area contributed by atoms with E-state index in [2.05, 4.69) is 10.6 Å². The summed E-state index contributed by atoms with van der Waals surface area (Å²) in [5.41, 5.74) is 1.42. The van der Waals surface area contributed by atoms with Crippen LogP contribution in [0.1, 0.15) is 31.9 Å². The zero-order valence-electron chi connectivity index (χ0n) is 14.6. The van der Waals surface area contributed by atoms with Crippen LogP contribution in [0.3, 0.4) is 0 Å². The van der Waals surface area contributed by atoms with Gasteiger partial charge in [0.1, 0.15) is 0 Å². The second-order valence-electron chi connectivity index (χ2n) is 5.24. The molecule has 0 aromatic heterocycles. The predicted molar refractivity (Wildman–Crippen MR) is 92.9 cm³/mol. The number of ether oxygens (including phenoxy) is 3. The standard InChI is InChI=1S/C17H21ClN2O5/c1-5-11-13(16(21)24-4)14(20-17(22)19-11)9-7-10(18)15(25-6-2)12(8-9)23-3/h7-8,14H,5-6H2,1-4H3,(H2,19,20,22). The summed E-state index contributed by atoms with van der Waals surface area (Å²) in [7, 11) is 2.79. The summed E-state index contributed by atoms with van der Waals surface area (Å²) in [5.74, 6) is 0.299. The van der Waals surface area contributed by atoms with E-state index in [1.165, 1.54) is 14.2 Å². The summed E-state index contributed by atoms with van der Waals surface area (Å²) in [6, 6.07) is 2.21. The third kappa shape index (κ3) is 3.82. The van der Waals surface area contributed by atoms with Crippen LogP contribution in [0.2, 0.25) is 5.02 Å². The zero-order valence-corrected chi connectivity index (χ0v) is 15.3. The molecule has 1 aliphatic heterocycles. The van der Waals surface area contributed by atoms with Crippen LogP contribution >= 0.6 is 11.6 Å². The molecule has 0 saturated carbocycles. The highest BCUT2D eigenvalue weighted by molar-refractivity contribution is 6.32. The molecule has 2 rings (SSSR count). The van der Waals surface area contributed by atoms with E-state index in [0.29, 0.717) is 46.4 Å². The average molecular weight is 369 g/mol. The van der Waals surface area contributed by atoms with Gasteiger partial charge in [-0.2, -0.15) is 0 Å². The van der Waals surface area contributed by atoms with E-state index in [1.807, 2.05) is 13.8 Å². The molecule has 0 fully saturated rings. The number of esters is 1. The van der Waals surface area contributed by atoms with Crippen molar-refractivity contribution in [2.75, 3.05) is 20.8 Å². The van der Waals surface area contributed by atoms with E-state index in [-0.39, 0.29) is 0 Å². The van der Waals surface area contributed by atoms with Crippen molar-refractivity contribution in [2.45, 2.75) is 26.3 Å². The maximum atomic E-state index is 12.3. The maximum Gasteiger partial charge on any atom is 0.337 e. The molecule has 0 radical (unpaired) electrons. The van der Waals surface area contributed by atoms with Gasteiger partial charge in [-0.15, -0.1) is 0 Å². The second kappa shape index (κ2) is 8.11. The first-order valence-corrected chi connectivity index (χ1v) is 8.23. The SMILES string of the molecule is CCOc1c(Cl)cc(C2NC(=O)NC(CC)=C2C(=O)OC)cc1OC. The van der Waals surface area contributed by atoms with Gasteiger partial charge in [0.2, 0.25) is 0 Å². The van der Waals surface area contributed by atoms with Crippen LogP contribution in [-0.4, -0.2) is 32.8 Å². The Morgan fingerprint density at radius 3 is 2.56 bits per heavy atom. The highest BCUT2D eigenvalue weighted by atomic mass is 35.5. The number of urea groups is 1. The van der Waals surface area contributed by atoms with Crippen LogP contribution in [0.4, 0.5) is 4.79 Å². The first-order chi connectivity index (χ1) is 12.0. The van der Waals surface area contributed by atoms with Gasteiger partial charge in [-0.1, -0.05) is 18.5 Å². The molecule has 0 aliphatic carbocycles. The van der Waals surface area contributed by atoms with Crippen LogP contribution in [0.15, 0.2) is 23.4 Å². The number of halogens is 1. The van der Waals surface area contributed by atoms with Crippen LogP contribution in [0.5, 0.6) is 11.5 Å². The molecule has 0 bridgehead atoms. The molecule has 1 unspecified atom stereocenters. The Morgan fingerprint density at radius 2 is 2.00 bits per heavy atom. The lowest BCUT2D eigenvalue weighted by atomic mass is 9.94. The fourth-order valence-electron chi connectivity index (χ4n) is 2.69. The van der Waals surface area contributed by atoms with Gasteiger partial charge in [-0.25, -0.2) is 9.59 Å². The van der Waals surface area contributed by atoms with Crippen molar-refractivity contribution in [3.63, 3.8) is 0 Å². The lowest BCUT2D eigenvalue weighted by Crippen LogP contribution is -2.45. The highest BCUT2D eigenvalue weighted by Gasteiger charge is 2.33. The monoisotopic (exact) mass is 368 g/mol. The quantitative estimate of drug-likeness (QED) is 0.754. The minimum atomic E-state index is -0.710. The molecule has 1 atom stereocenters. The third-order valence-corrected chi connectivity index (χ3v) is 4.07. The molecule has 25 heavy (non-hydrogen) atoms. The molecule has 136 valence electrons. The Labute approximate surface area is 151 Å². The molecule has 1 aromatic carbocycles. The van der Waals surface area contributed by atoms with Crippen molar-refractivity contribution in [3.8, 4) is 11.5 Å². The Balaban J connectivity index is 2.59. The number of rotatable bonds is 6. The average Bonchev–Trinajstić information content (AvgIpc) is 2.61. The molecule has 1 aliphatic rings. The zero-order chi connectivity index (χ0) is 18.6. The molecular weight excluding hydrogens is 348 g/mol. The van der Waals surface area contributed by atoms with Crippen molar-refractivity contribution in [3.05, 3.63) is 34.0 Å². The molecule has 0 saturated heterocycles. The van der Waals surface area contributed by atoms with E-state index < -0.39 is 18.0 Å². The Kier molecular flexibility index (Phi) is 6.14. The van der Waals surface area contributed by atoms with Gasteiger partial charge in [0.05, 0.1) is 37.5 Å². The predicted octanol–water partition coefficient (Wildman–Crippen LogP) is 2.94. The topological polar surface area (TPSA) is 85.9 Å². The lowest BCUT2D eigenvalue weighted by Gasteiger charge is -2.29. The van der Waals surface area contributed by atoms with Crippen LogP contribution in [0.25, 0.3) is 0 Å². The van der Waals surface area contributed by atoms with Gasteiger partial charge in [-0.05, 0) is 31.0 Å². The first-order valence-electron chi connectivity index (χ1n) is 7.85. The minimum absolute atomic E-state index is 0.325. The summed E-state index contributed by atoms with van der Waals surface area (Å²) >= 11 is 6.31. The van der Waals surface area contributed by atoms with E-state index in [9.17, 15) is 9.59 Å². The van der Waals surface area contributed by atoms with E-state index in [0.717, 1.165) is 0 Å². The number of carbonyl (C=O) groups is 2. The maximum absolute atomic E-state index is 12.3. The number of carbonyl (C=O) groups excluding carboxylic acids is 2. The van der Waals surface area contributed by atoms with Crippen LogP contribution < -0.4 is 20.1 Å². The Hall–Kier alpha value is -2.41. The van der Waals surface area contributed by atoms with Gasteiger partial charge < -0.3 is 24.8 Å². The van der Waals surface area contributed by atoms with Crippen LogP contribution in [-0.2, 0) is 9.53 Å². The molecule has 2 amide bonds. The van der Waals surface area contributed by atoms with Crippen LogP contribution in [0, 0.1) is 0 Å². The summed E-state index contributed by atoms with van der Waals surface area (Å²) in [6.45, 7) is 4.10. The molecular formula is C17H21ClN2O5. The Morgan fingerprint density at radius 1 is 1.28 bits per heavy atom. The molecule has 8 heteroatoms. The fourth-order valence-corrected chi connectivity index (χ4v) is 2.96. The minimum Gasteiger partial charge on any atom is -0.493 e. The number of methoxy groups -OCH3 is 2.